The monoisotopic (exact) mass is 360 g/mol. The summed E-state index contributed by atoms with van der Waals surface area (Å²) >= 11 is 7.30. The first-order valence-electron chi connectivity index (χ1n) is 7.34. The topological polar surface area (TPSA) is 53.3 Å². The molecule has 0 saturated heterocycles. The maximum atomic E-state index is 12.7. The van der Waals surface area contributed by atoms with Crippen molar-refractivity contribution in [2.45, 2.75) is 11.3 Å². The zero-order valence-electron chi connectivity index (χ0n) is 13.2. The molecule has 0 aromatic heterocycles. The van der Waals surface area contributed by atoms with Gasteiger partial charge in [-0.15, -0.1) is 11.8 Å². The fourth-order valence-corrected chi connectivity index (χ4v) is 3.05. The van der Waals surface area contributed by atoms with E-state index in [0.29, 0.717) is 23.0 Å². The van der Waals surface area contributed by atoms with E-state index in [9.17, 15) is 4.79 Å². The lowest BCUT2D eigenvalue weighted by Crippen LogP contribution is -2.33. The Hall–Kier alpha value is -2.16. The van der Waals surface area contributed by atoms with E-state index in [2.05, 4.69) is 6.07 Å². The number of benzene rings is 2. The van der Waals surface area contributed by atoms with Crippen LogP contribution in [0.1, 0.15) is 6.42 Å². The molecule has 0 aliphatic rings. The van der Waals surface area contributed by atoms with E-state index < -0.39 is 0 Å². The maximum Gasteiger partial charge on any atom is 0.237 e. The molecule has 2 aromatic rings. The summed E-state index contributed by atoms with van der Waals surface area (Å²) in [6, 6.07) is 16.7. The lowest BCUT2D eigenvalue weighted by atomic mass is 10.2. The van der Waals surface area contributed by atoms with Crippen LogP contribution < -0.4 is 9.64 Å². The largest absolute Gasteiger partial charge is 0.495 e. The van der Waals surface area contributed by atoms with Gasteiger partial charge in [0, 0.05) is 16.5 Å². The van der Waals surface area contributed by atoms with Crippen LogP contribution in [0.3, 0.4) is 0 Å². The Bertz CT molecular complexity index is 729. The number of amides is 1. The standard InChI is InChI=1S/C18H17ClN2O2S/c1-23-17-6-3-2-5-16(17)21(12-4-11-20)18(22)13-24-15-9-7-14(19)8-10-15/h2-3,5-10H,4,12-13H2,1H3. The van der Waals surface area contributed by atoms with E-state index in [1.54, 1.807) is 30.2 Å². The smallest absolute Gasteiger partial charge is 0.237 e. The van der Waals surface area contributed by atoms with Crippen molar-refractivity contribution in [1.82, 2.24) is 0 Å². The van der Waals surface area contributed by atoms with Gasteiger partial charge in [0.25, 0.3) is 0 Å². The summed E-state index contributed by atoms with van der Waals surface area (Å²) < 4.78 is 5.33. The first kappa shape index (κ1) is 18.2. The van der Waals surface area contributed by atoms with Gasteiger partial charge in [0.1, 0.15) is 5.75 Å². The molecule has 4 nitrogen and oxygen atoms in total. The second-order valence-electron chi connectivity index (χ2n) is 4.87. The van der Waals surface area contributed by atoms with E-state index in [1.807, 2.05) is 30.3 Å². The number of nitriles is 1. The van der Waals surface area contributed by atoms with Crippen molar-refractivity contribution < 1.29 is 9.53 Å². The molecule has 0 aliphatic carbocycles. The molecule has 0 N–H and O–H groups in total. The van der Waals surface area contributed by atoms with Gasteiger partial charge >= 0.3 is 0 Å². The minimum Gasteiger partial charge on any atom is -0.495 e. The van der Waals surface area contributed by atoms with Gasteiger partial charge < -0.3 is 9.64 Å². The molecule has 24 heavy (non-hydrogen) atoms. The molecule has 0 atom stereocenters. The predicted octanol–water partition coefficient (Wildman–Crippen LogP) is 4.39. The van der Waals surface area contributed by atoms with Gasteiger partial charge in [0.15, 0.2) is 0 Å². The molecule has 2 aromatic carbocycles. The van der Waals surface area contributed by atoms with Crippen molar-refractivity contribution >= 4 is 35.0 Å². The van der Waals surface area contributed by atoms with Gasteiger partial charge in [0.05, 0.1) is 31.0 Å². The Morgan fingerprint density at radius 1 is 1.25 bits per heavy atom. The van der Waals surface area contributed by atoms with Crippen molar-refractivity contribution in [2.75, 3.05) is 24.3 Å². The summed E-state index contributed by atoms with van der Waals surface area (Å²) in [5.74, 6) is 0.806. The highest BCUT2D eigenvalue weighted by molar-refractivity contribution is 8.00. The van der Waals surface area contributed by atoms with Crippen LogP contribution in [0.2, 0.25) is 5.02 Å². The van der Waals surface area contributed by atoms with Crippen LogP contribution in [0.25, 0.3) is 0 Å². The van der Waals surface area contributed by atoms with Crippen LogP contribution in [0.5, 0.6) is 5.75 Å². The highest BCUT2D eigenvalue weighted by Gasteiger charge is 2.19. The molecule has 0 heterocycles. The van der Waals surface area contributed by atoms with E-state index in [0.717, 1.165) is 4.90 Å². The van der Waals surface area contributed by atoms with Gasteiger partial charge in [-0.3, -0.25) is 4.79 Å². The second kappa shape index (κ2) is 9.21. The quantitative estimate of drug-likeness (QED) is 0.687. The van der Waals surface area contributed by atoms with Gasteiger partial charge in [-0.1, -0.05) is 23.7 Å². The fourth-order valence-electron chi connectivity index (χ4n) is 2.15. The average molecular weight is 361 g/mol. The second-order valence-corrected chi connectivity index (χ2v) is 6.35. The Balaban J connectivity index is 2.13. The number of ether oxygens (including phenoxy) is 1. The van der Waals surface area contributed by atoms with Gasteiger partial charge in [-0.05, 0) is 36.4 Å². The zero-order chi connectivity index (χ0) is 17.4. The van der Waals surface area contributed by atoms with Crippen LogP contribution in [0.4, 0.5) is 5.69 Å². The number of hydrogen-bond donors (Lipinski definition) is 0. The number of nitrogens with zero attached hydrogens (tertiary/aromatic N) is 2. The van der Waals surface area contributed by atoms with E-state index in [4.69, 9.17) is 21.6 Å². The molecule has 0 fully saturated rings. The molecule has 2 rings (SSSR count). The summed E-state index contributed by atoms with van der Waals surface area (Å²) in [6.07, 6.45) is 0.259. The highest BCUT2D eigenvalue weighted by Crippen LogP contribution is 2.29. The molecule has 0 spiro atoms. The first-order valence-corrected chi connectivity index (χ1v) is 8.70. The summed E-state index contributed by atoms with van der Waals surface area (Å²) in [5.41, 5.74) is 0.678. The minimum absolute atomic E-state index is 0.0744. The van der Waals surface area contributed by atoms with Crippen LogP contribution in [-0.4, -0.2) is 25.3 Å². The van der Waals surface area contributed by atoms with Crippen molar-refractivity contribution in [3.8, 4) is 11.8 Å². The molecular weight excluding hydrogens is 344 g/mol. The van der Waals surface area contributed by atoms with Crippen LogP contribution in [-0.2, 0) is 4.79 Å². The molecule has 6 heteroatoms. The predicted molar refractivity (Wildman–Crippen MR) is 97.8 cm³/mol. The van der Waals surface area contributed by atoms with Gasteiger partial charge in [0.2, 0.25) is 5.91 Å². The van der Waals surface area contributed by atoms with Crippen LogP contribution in [0, 0.1) is 11.3 Å². The summed E-state index contributed by atoms with van der Waals surface area (Å²) in [4.78, 5) is 15.2. The molecule has 124 valence electrons. The third-order valence-electron chi connectivity index (χ3n) is 3.30. The van der Waals surface area contributed by atoms with E-state index >= 15 is 0 Å². The summed E-state index contributed by atoms with van der Waals surface area (Å²) in [7, 11) is 1.56. The van der Waals surface area contributed by atoms with Crippen LogP contribution in [0.15, 0.2) is 53.4 Å². The maximum absolute atomic E-state index is 12.7. The van der Waals surface area contributed by atoms with E-state index in [-0.39, 0.29) is 18.1 Å². The Labute approximate surface area is 151 Å². The lowest BCUT2D eigenvalue weighted by molar-refractivity contribution is -0.116. The normalized spacial score (nSPS) is 10.0. The lowest BCUT2D eigenvalue weighted by Gasteiger charge is -2.23. The minimum atomic E-state index is -0.0744. The molecule has 0 unspecified atom stereocenters. The molecule has 0 bridgehead atoms. The Morgan fingerprint density at radius 2 is 1.96 bits per heavy atom. The molecule has 1 amide bonds. The van der Waals surface area contributed by atoms with Gasteiger partial charge in [-0.25, -0.2) is 0 Å². The summed E-state index contributed by atoms with van der Waals surface area (Å²) in [6.45, 7) is 0.330. The molecule has 0 saturated carbocycles. The third kappa shape index (κ3) is 4.92. The Morgan fingerprint density at radius 3 is 2.62 bits per heavy atom. The molecular formula is C18H17ClN2O2S. The number of halogens is 1. The first-order chi connectivity index (χ1) is 11.7. The van der Waals surface area contributed by atoms with E-state index in [1.165, 1.54) is 11.8 Å². The number of rotatable bonds is 7. The van der Waals surface area contributed by atoms with Crippen molar-refractivity contribution in [3.05, 3.63) is 53.6 Å². The number of carbonyl (C=O) groups excluding carboxylic acids is 1. The number of hydrogen-bond acceptors (Lipinski definition) is 4. The SMILES string of the molecule is COc1ccccc1N(CCC#N)C(=O)CSc1ccc(Cl)cc1. The number of methoxy groups -OCH3 is 1. The van der Waals surface area contributed by atoms with Crippen molar-refractivity contribution in [3.63, 3.8) is 0 Å². The number of thioether (sulfide) groups is 1. The van der Waals surface area contributed by atoms with Crippen molar-refractivity contribution in [2.24, 2.45) is 0 Å². The molecule has 0 aliphatic heterocycles. The number of carbonyl (C=O) groups is 1. The fraction of sp³-hybridized carbons (Fsp3) is 0.222. The zero-order valence-corrected chi connectivity index (χ0v) is 14.8. The molecule has 0 radical (unpaired) electrons. The van der Waals surface area contributed by atoms with Crippen LogP contribution >= 0.6 is 23.4 Å². The third-order valence-corrected chi connectivity index (χ3v) is 4.55. The average Bonchev–Trinajstić information content (AvgIpc) is 2.62. The van der Waals surface area contributed by atoms with Crippen molar-refractivity contribution in [1.29, 1.82) is 5.26 Å². The van der Waals surface area contributed by atoms with Gasteiger partial charge in [-0.2, -0.15) is 5.26 Å². The Kier molecular flexibility index (Phi) is 6.98. The number of para-hydroxylation sites is 2. The highest BCUT2D eigenvalue weighted by atomic mass is 35.5. The number of anilines is 1. The summed E-state index contributed by atoms with van der Waals surface area (Å²) in [5, 5.41) is 9.53.